The molecule has 0 heterocycles. The molecule has 14 heavy (non-hydrogen) atoms. The van der Waals surface area contributed by atoms with Crippen LogP contribution in [-0.2, 0) is 5.60 Å². The van der Waals surface area contributed by atoms with E-state index >= 15 is 0 Å². The Morgan fingerprint density at radius 1 is 1.29 bits per heavy atom. The van der Waals surface area contributed by atoms with Crippen LogP contribution < -0.4 is 4.90 Å². The standard InChI is InChI=1S/C11H16FNO/c1-11(2,14)9-7-8(12)5-6-10(9)13(3)4/h5-7,14H,1-4H3. The Morgan fingerprint density at radius 3 is 2.29 bits per heavy atom. The highest BCUT2D eigenvalue weighted by Gasteiger charge is 2.21. The lowest BCUT2D eigenvalue weighted by Crippen LogP contribution is -2.21. The largest absolute Gasteiger partial charge is 0.386 e. The number of hydrogen-bond acceptors (Lipinski definition) is 2. The van der Waals surface area contributed by atoms with E-state index in [1.165, 1.54) is 12.1 Å². The van der Waals surface area contributed by atoms with Crippen LogP contribution in [0.5, 0.6) is 0 Å². The molecule has 0 saturated carbocycles. The van der Waals surface area contributed by atoms with Crippen LogP contribution in [0.4, 0.5) is 10.1 Å². The number of anilines is 1. The average Bonchev–Trinajstić information content (AvgIpc) is 2.01. The molecule has 0 saturated heterocycles. The molecular formula is C11H16FNO. The third-order valence-corrected chi connectivity index (χ3v) is 2.10. The fraction of sp³-hybridized carbons (Fsp3) is 0.455. The van der Waals surface area contributed by atoms with E-state index in [0.29, 0.717) is 5.56 Å². The minimum atomic E-state index is -1.03. The van der Waals surface area contributed by atoms with Crippen LogP contribution in [-0.4, -0.2) is 19.2 Å². The van der Waals surface area contributed by atoms with Gasteiger partial charge in [0.25, 0.3) is 0 Å². The molecule has 1 aromatic carbocycles. The maximum absolute atomic E-state index is 13.0. The van der Waals surface area contributed by atoms with Crippen molar-refractivity contribution in [2.75, 3.05) is 19.0 Å². The summed E-state index contributed by atoms with van der Waals surface area (Å²) in [7, 11) is 3.73. The van der Waals surface area contributed by atoms with Crippen LogP contribution in [0, 0.1) is 5.82 Å². The molecule has 2 nitrogen and oxygen atoms in total. The number of nitrogens with zero attached hydrogens (tertiary/aromatic N) is 1. The molecule has 1 aromatic rings. The number of hydrogen-bond donors (Lipinski definition) is 1. The lowest BCUT2D eigenvalue weighted by Gasteiger charge is -2.25. The van der Waals surface area contributed by atoms with Gasteiger partial charge in [0.15, 0.2) is 0 Å². The smallest absolute Gasteiger partial charge is 0.123 e. The van der Waals surface area contributed by atoms with Gasteiger partial charge in [-0.1, -0.05) is 0 Å². The van der Waals surface area contributed by atoms with Gasteiger partial charge >= 0.3 is 0 Å². The quantitative estimate of drug-likeness (QED) is 0.785. The van der Waals surface area contributed by atoms with Crippen molar-refractivity contribution in [3.8, 4) is 0 Å². The Balaban J connectivity index is 3.30. The average molecular weight is 197 g/mol. The van der Waals surface area contributed by atoms with Crippen molar-refractivity contribution in [3.63, 3.8) is 0 Å². The molecule has 1 N–H and O–H groups in total. The Bertz CT molecular complexity index is 329. The summed E-state index contributed by atoms with van der Waals surface area (Å²) in [5.74, 6) is -0.326. The van der Waals surface area contributed by atoms with Crippen LogP contribution in [0.25, 0.3) is 0 Å². The summed E-state index contributed by atoms with van der Waals surface area (Å²) in [6.07, 6.45) is 0. The van der Waals surface area contributed by atoms with Gasteiger partial charge in [-0.05, 0) is 32.0 Å². The van der Waals surface area contributed by atoms with Crippen molar-refractivity contribution in [1.29, 1.82) is 0 Å². The van der Waals surface area contributed by atoms with Crippen molar-refractivity contribution < 1.29 is 9.50 Å². The second-order valence-corrected chi connectivity index (χ2v) is 4.11. The topological polar surface area (TPSA) is 23.5 Å². The van der Waals surface area contributed by atoms with Gasteiger partial charge in [0.05, 0.1) is 5.60 Å². The number of aliphatic hydroxyl groups is 1. The van der Waals surface area contributed by atoms with E-state index in [4.69, 9.17) is 0 Å². The normalized spacial score (nSPS) is 11.6. The van der Waals surface area contributed by atoms with Gasteiger partial charge in [-0.15, -0.1) is 0 Å². The van der Waals surface area contributed by atoms with Gasteiger partial charge in [-0.3, -0.25) is 0 Å². The lowest BCUT2D eigenvalue weighted by molar-refractivity contribution is 0.0787. The van der Waals surface area contributed by atoms with Crippen LogP contribution in [0.3, 0.4) is 0 Å². The van der Waals surface area contributed by atoms with Gasteiger partial charge in [0.1, 0.15) is 5.82 Å². The first-order valence-corrected chi connectivity index (χ1v) is 4.52. The number of rotatable bonds is 2. The minimum Gasteiger partial charge on any atom is -0.386 e. The Kier molecular flexibility index (Phi) is 2.81. The first-order valence-electron chi connectivity index (χ1n) is 4.52. The molecule has 0 unspecified atom stereocenters. The summed E-state index contributed by atoms with van der Waals surface area (Å²) in [4.78, 5) is 1.85. The fourth-order valence-corrected chi connectivity index (χ4v) is 1.39. The molecule has 0 spiro atoms. The predicted octanol–water partition coefficient (Wildman–Crippen LogP) is 2.12. The van der Waals surface area contributed by atoms with Gasteiger partial charge in [0, 0.05) is 25.3 Å². The number of benzene rings is 1. The van der Waals surface area contributed by atoms with Crippen molar-refractivity contribution in [1.82, 2.24) is 0 Å². The van der Waals surface area contributed by atoms with Crippen molar-refractivity contribution in [3.05, 3.63) is 29.6 Å². The van der Waals surface area contributed by atoms with Crippen molar-refractivity contribution in [2.45, 2.75) is 19.4 Å². The predicted molar refractivity (Wildman–Crippen MR) is 56.0 cm³/mol. The van der Waals surface area contributed by atoms with E-state index in [0.717, 1.165) is 5.69 Å². The van der Waals surface area contributed by atoms with E-state index in [1.807, 2.05) is 19.0 Å². The third kappa shape index (κ3) is 2.23. The molecule has 0 radical (unpaired) electrons. The van der Waals surface area contributed by atoms with Gasteiger partial charge in [-0.2, -0.15) is 0 Å². The van der Waals surface area contributed by atoms with E-state index in [9.17, 15) is 9.50 Å². The first kappa shape index (κ1) is 11.0. The van der Waals surface area contributed by atoms with Crippen LogP contribution in [0.2, 0.25) is 0 Å². The second-order valence-electron chi connectivity index (χ2n) is 4.11. The monoisotopic (exact) mass is 197 g/mol. The molecule has 78 valence electrons. The summed E-state index contributed by atoms with van der Waals surface area (Å²) in [6.45, 7) is 3.30. The molecule has 0 bridgehead atoms. The minimum absolute atomic E-state index is 0.326. The Hall–Kier alpha value is -1.09. The molecule has 0 atom stereocenters. The van der Waals surface area contributed by atoms with Crippen molar-refractivity contribution >= 4 is 5.69 Å². The summed E-state index contributed by atoms with van der Waals surface area (Å²) in [5, 5.41) is 9.85. The molecule has 0 aliphatic heterocycles. The van der Waals surface area contributed by atoms with Crippen LogP contribution in [0.15, 0.2) is 18.2 Å². The van der Waals surface area contributed by atoms with Gasteiger partial charge < -0.3 is 10.0 Å². The molecule has 0 aromatic heterocycles. The molecule has 0 amide bonds. The zero-order valence-electron chi connectivity index (χ0n) is 9.00. The molecule has 1 rings (SSSR count). The maximum atomic E-state index is 13.0. The first-order chi connectivity index (χ1) is 6.32. The summed E-state index contributed by atoms with van der Waals surface area (Å²) < 4.78 is 13.0. The van der Waals surface area contributed by atoms with E-state index in [2.05, 4.69) is 0 Å². The fourth-order valence-electron chi connectivity index (χ4n) is 1.39. The molecule has 3 heteroatoms. The summed E-state index contributed by atoms with van der Waals surface area (Å²) >= 11 is 0. The molecule has 0 aliphatic carbocycles. The van der Waals surface area contributed by atoms with Gasteiger partial charge in [-0.25, -0.2) is 4.39 Å². The summed E-state index contributed by atoms with van der Waals surface area (Å²) in [6, 6.07) is 4.43. The Morgan fingerprint density at radius 2 is 1.86 bits per heavy atom. The van der Waals surface area contributed by atoms with E-state index < -0.39 is 5.60 Å². The Labute approximate surface area is 84.0 Å². The highest BCUT2D eigenvalue weighted by atomic mass is 19.1. The van der Waals surface area contributed by atoms with Crippen LogP contribution in [0.1, 0.15) is 19.4 Å². The van der Waals surface area contributed by atoms with E-state index in [-0.39, 0.29) is 5.82 Å². The van der Waals surface area contributed by atoms with Crippen molar-refractivity contribution in [2.24, 2.45) is 0 Å². The van der Waals surface area contributed by atoms with E-state index in [1.54, 1.807) is 19.9 Å². The lowest BCUT2D eigenvalue weighted by atomic mass is 9.96. The molecule has 0 fully saturated rings. The zero-order valence-corrected chi connectivity index (χ0v) is 9.00. The summed E-state index contributed by atoms with van der Waals surface area (Å²) in [5.41, 5.74) is 0.406. The van der Waals surface area contributed by atoms with Gasteiger partial charge in [0.2, 0.25) is 0 Å². The molecular weight excluding hydrogens is 181 g/mol. The number of halogens is 1. The highest BCUT2D eigenvalue weighted by Crippen LogP contribution is 2.29. The second kappa shape index (κ2) is 3.58. The third-order valence-electron chi connectivity index (χ3n) is 2.10. The van der Waals surface area contributed by atoms with Crippen LogP contribution >= 0.6 is 0 Å². The SMILES string of the molecule is CN(C)c1ccc(F)cc1C(C)(C)O. The zero-order chi connectivity index (χ0) is 10.9. The highest BCUT2D eigenvalue weighted by molar-refractivity contribution is 5.54. The maximum Gasteiger partial charge on any atom is 0.123 e. The molecule has 0 aliphatic rings.